The molecule has 0 saturated carbocycles. The van der Waals surface area contributed by atoms with Gasteiger partial charge >= 0.3 is 0 Å². The molecular formula is C15H12FNO3S. The number of rotatable bonds is 5. The fourth-order valence-corrected chi connectivity index (χ4v) is 2.82. The minimum Gasteiger partial charge on any atom is -0.492 e. The van der Waals surface area contributed by atoms with Gasteiger partial charge in [0.05, 0.1) is 22.3 Å². The molecular weight excluding hydrogens is 293 g/mol. The summed E-state index contributed by atoms with van der Waals surface area (Å²) in [6, 6.07) is 13.2. The maximum absolute atomic E-state index is 13.0. The van der Waals surface area contributed by atoms with Crippen molar-refractivity contribution in [2.24, 2.45) is 0 Å². The number of benzene rings is 2. The molecule has 0 aliphatic carbocycles. The molecule has 0 radical (unpaired) electrons. The maximum atomic E-state index is 13.0. The Balaban J connectivity index is 2.01. The number of halogens is 1. The summed E-state index contributed by atoms with van der Waals surface area (Å²) >= 11 is 0. The van der Waals surface area contributed by atoms with Gasteiger partial charge in [-0.1, -0.05) is 12.1 Å². The third-order valence-electron chi connectivity index (χ3n) is 2.74. The number of ether oxygens (including phenoxy) is 1. The third-order valence-corrected chi connectivity index (χ3v) is 4.42. The molecule has 0 aliphatic heterocycles. The highest BCUT2D eigenvalue weighted by molar-refractivity contribution is 7.91. The molecule has 0 aromatic heterocycles. The van der Waals surface area contributed by atoms with Gasteiger partial charge in [-0.2, -0.15) is 5.26 Å². The molecule has 21 heavy (non-hydrogen) atoms. The molecule has 2 rings (SSSR count). The normalized spacial score (nSPS) is 10.9. The molecule has 2 aromatic carbocycles. The highest BCUT2D eigenvalue weighted by atomic mass is 32.2. The molecule has 0 amide bonds. The van der Waals surface area contributed by atoms with Crippen molar-refractivity contribution < 1.29 is 17.5 Å². The van der Waals surface area contributed by atoms with Gasteiger partial charge in [0.1, 0.15) is 18.2 Å². The Labute approximate surface area is 122 Å². The van der Waals surface area contributed by atoms with Crippen LogP contribution in [0.5, 0.6) is 5.75 Å². The summed E-state index contributed by atoms with van der Waals surface area (Å²) in [7, 11) is -3.60. The number of hydrogen-bond donors (Lipinski definition) is 0. The summed E-state index contributed by atoms with van der Waals surface area (Å²) < 4.78 is 42.4. The average molecular weight is 305 g/mol. The molecule has 0 bridgehead atoms. The summed E-state index contributed by atoms with van der Waals surface area (Å²) in [5.41, 5.74) is 0.431. The Kier molecular flexibility index (Phi) is 4.55. The van der Waals surface area contributed by atoms with Gasteiger partial charge in [0.25, 0.3) is 0 Å². The lowest BCUT2D eigenvalue weighted by Gasteiger charge is -2.07. The van der Waals surface area contributed by atoms with E-state index in [0.29, 0.717) is 11.3 Å². The summed E-state index contributed by atoms with van der Waals surface area (Å²) in [4.78, 5) is -0.0723. The van der Waals surface area contributed by atoms with Gasteiger partial charge in [0.2, 0.25) is 0 Å². The first-order valence-electron chi connectivity index (χ1n) is 6.12. The van der Waals surface area contributed by atoms with E-state index < -0.39 is 15.7 Å². The van der Waals surface area contributed by atoms with E-state index in [1.54, 1.807) is 18.2 Å². The number of sulfone groups is 1. The minimum absolute atomic E-state index is 0.0723. The third kappa shape index (κ3) is 4.04. The van der Waals surface area contributed by atoms with Gasteiger partial charge in [-0.25, -0.2) is 12.8 Å². The maximum Gasteiger partial charge on any atom is 0.181 e. The van der Waals surface area contributed by atoms with E-state index in [1.807, 2.05) is 6.07 Å². The van der Waals surface area contributed by atoms with Gasteiger partial charge in [0, 0.05) is 0 Å². The van der Waals surface area contributed by atoms with Crippen molar-refractivity contribution in [3.63, 3.8) is 0 Å². The largest absolute Gasteiger partial charge is 0.492 e. The summed E-state index contributed by atoms with van der Waals surface area (Å²) in [6.07, 6.45) is 0. The van der Waals surface area contributed by atoms with E-state index in [2.05, 4.69) is 0 Å². The average Bonchev–Trinajstić information content (AvgIpc) is 2.47. The van der Waals surface area contributed by atoms with E-state index in [4.69, 9.17) is 10.00 Å². The lowest BCUT2D eigenvalue weighted by atomic mass is 10.2. The number of hydrogen-bond acceptors (Lipinski definition) is 4. The monoisotopic (exact) mass is 305 g/mol. The topological polar surface area (TPSA) is 67.2 Å². The first kappa shape index (κ1) is 15.0. The van der Waals surface area contributed by atoms with Gasteiger partial charge in [-0.15, -0.1) is 0 Å². The van der Waals surface area contributed by atoms with Crippen LogP contribution in [0.3, 0.4) is 0 Å². The lowest BCUT2D eigenvalue weighted by Crippen LogP contribution is -2.14. The summed E-state index contributed by atoms with van der Waals surface area (Å²) in [5, 5.41) is 8.75. The fourth-order valence-electron chi connectivity index (χ4n) is 1.70. The van der Waals surface area contributed by atoms with Crippen LogP contribution in [0.4, 0.5) is 4.39 Å². The first-order chi connectivity index (χ1) is 10.0. The SMILES string of the molecule is N#Cc1cccc(OCCS(=O)(=O)c2cccc(F)c2)c1. The minimum atomic E-state index is -3.60. The highest BCUT2D eigenvalue weighted by Gasteiger charge is 2.15. The van der Waals surface area contributed by atoms with Crippen molar-refractivity contribution in [2.45, 2.75) is 4.90 Å². The zero-order valence-electron chi connectivity index (χ0n) is 11.0. The zero-order chi connectivity index (χ0) is 15.3. The van der Waals surface area contributed by atoms with Crippen LogP contribution in [0.2, 0.25) is 0 Å². The molecule has 4 nitrogen and oxygen atoms in total. The Hall–Kier alpha value is -2.39. The second kappa shape index (κ2) is 6.37. The fraction of sp³-hybridized carbons (Fsp3) is 0.133. The molecule has 0 heterocycles. The van der Waals surface area contributed by atoms with Crippen molar-refractivity contribution in [2.75, 3.05) is 12.4 Å². The summed E-state index contributed by atoms with van der Waals surface area (Å²) in [6.45, 7) is -0.0757. The van der Waals surface area contributed by atoms with Crippen LogP contribution >= 0.6 is 0 Å². The molecule has 0 aliphatic rings. The van der Waals surface area contributed by atoms with Crippen molar-refractivity contribution in [3.05, 3.63) is 59.9 Å². The van der Waals surface area contributed by atoms with Crippen LogP contribution in [0.1, 0.15) is 5.56 Å². The summed E-state index contributed by atoms with van der Waals surface area (Å²) in [5.74, 6) is -0.449. The van der Waals surface area contributed by atoms with E-state index in [0.717, 1.165) is 6.07 Å². The van der Waals surface area contributed by atoms with E-state index in [-0.39, 0.29) is 17.3 Å². The van der Waals surface area contributed by atoms with Crippen LogP contribution in [0.25, 0.3) is 0 Å². The number of nitriles is 1. The Morgan fingerprint density at radius 3 is 2.62 bits per heavy atom. The van der Waals surface area contributed by atoms with E-state index >= 15 is 0 Å². The quantitative estimate of drug-likeness (QED) is 0.851. The molecule has 0 spiro atoms. The molecule has 0 unspecified atom stereocenters. The van der Waals surface area contributed by atoms with Crippen molar-refractivity contribution in [1.29, 1.82) is 5.26 Å². The van der Waals surface area contributed by atoms with Crippen LogP contribution in [-0.2, 0) is 9.84 Å². The zero-order valence-corrected chi connectivity index (χ0v) is 11.8. The molecule has 0 atom stereocenters. The van der Waals surface area contributed by atoms with Gasteiger partial charge in [-0.05, 0) is 36.4 Å². The van der Waals surface area contributed by atoms with Crippen LogP contribution in [0, 0.1) is 17.1 Å². The highest BCUT2D eigenvalue weighted by Crippen LogP contribution is 2.15. The van der Waals surface area contributed by atoms with Gasteiger partial charge < -0.3 is 4.74 Å². The van der Waals surface area contributed by atoms with Gasteiger partial charge in [-0.3, -0.25) is 0 Å². The molecule has 6 heteroatoms. The molecule has 0 fully saturated rings. The molecule has 0 N–H and O–H groups in total. The predicted molar refractivity (Wildman–Crippen MR) is 75.1 cm³/mol. The second-order valence-corrected chi connectivity index (χ2v) is 6.37. The Morgan fingerprint density at radius 2 is 1.90 bits per heavy atom. The second-order valence-electron chi connectivity index (χ2n) is 4.26. The number of nitrogens with zero attached hydrogens (tertiary/aromatic N) is 1. The Bertz CT molecular complexity index is 782. The van der Waals surface area contributed by atoms with Crippen LogP contribution in [0.15, 0.2) is 53.4 Å². The van der Waals surface area contributed by atoms with E-state index in [1.165, 1.54) is 24.3 Å². The van der Waals surface area contributed by atoms with Crippen LogP contribution in [-0.4, -0.2) is 20.8 Å². The van der Waals surface area contributed by atoms with Gasteiger partial charge in [0.15, 0.2) is 9.84 Å². The van der Waals surface area contributed by atoms with E-state index in [9.17, 15) is 12.8 Å². The Morgan fingerprint density at radius 1 is 1.14 bits per heavy atom. The molecule has 2 aromatic rings. The standard InChI is InChI=1S/C15H12FNO3S/c16-13-4-2-6-15(10-13)21(18,19)8-7-20-14-5-1-3-12(9-14)11-17/h1-6,9-10H,7-8H2. The molecule has 108 valence electrons. The van der Waals surface area contributed by atoms with Crippen molar-refractivity contribution in [3.8, 4) is 11.8 Å². The lowest BCUT2D eigenvalue weighted by molar-refractivity contribution is 0.340. The smallest absolute Gasteiger partial charge is 0.181 e. The first-order valence-corrected chi connectivity index (χ1v) is 7.78. The predicted octanol–water partition coefficient (Wildman–Crippen LogP) is 2.55. The van der Waals surface area contributed by atoms with Crippen LogP contribution < -0.4 is 4.74 Å². The molecule has 0 saturated heterocycles. The van der Waals surface area contributed by atoms with Crippen molar-refractivity contribution in [1.82, 2.24) is 0 Å². The van der Waals surface area contributed by atoms with Crippen molar-refractivity contribution >= 4 is 9.84 Å².